The van der Waals surface area contributed by atoms with Gasteiger partial charge >= 0.3 is 0 Å². The van der Waals surface area contributed by atoms with Crippen molar-refractivity contribution in [1.29, 1.82) is 0 Å². The van der Waals surface area contributed by atoms with Gasteiger partial charge in [0.2, 0.25) is 5.91 Å². The molecule has 0 radical (unpaired) electrons. The van der Waals surface area contributed by atoms with E-state index in [2.05, 4.69) is 21.7 Å². The molecule has 140 valence electrons. The number of hydrogen-bond donors (Lipinski definition) is 1. The zero-order valence-electron chi connectivity index (χ0n) is 15.4. The molecule has 1 aliphatic heterocycles. The van der Waals surface area contributed by atoms with Gasteiger partial charge in [0.05, 0.1) is 25.4 Å². The number of rotatable bonds is 8. The van der Waals surface area contributed by atoms with Gasteiger partial charge in [0, 0.05) is 24.6 Å². The van der Waals surface area contributed by atoms with Crippen molar-refractivity contribution in [3.63, 3.8) is 0 Å². The highest BCUT2D eigenvalue weighted by atomic mass is 32.1. The average Bonchev–Trinajstić information content (AvgIpc) is 3.29. The molecule has 3 rings (SSSR count). The number of hydrogen-bond acceptors (Lipinski definition) is 5. The first-order valence-electron chi connectivity index (χ1n) is 8.95. The van der Waals surface area contributed by atoms with E-state index in [0.717, 1.165) is 38.1 Å². The lowest BCUT2D eigenvalue weighted by Gasteiger charge is -2.24. The number of ether oxygens (including phenoxy) is 2. The highest BCUT2D eigenvalue weighted by Gasteiger charge is 2.21. The van der Waals surface area contributed by atoms with Crippen molar-refractivity contribution in [2.45, 2.75) is 32.4 Å². The Balaban J connectivity index is 1.65. The van der Waals surface area contributed by atoms with E-state index in [-0.39, 0.29) is 12.0 Å². The number of carbonyl (C=O) groups is 1. The van der Waals surface area contributed by atoms with E-state index < -0.39 is 0 Å². The molecule has 1 amide bonds. The SMILES string of the molecule is COc1ccc(C)cc1NC(=O)CN(Cc1cccs1)C[C@H]1CCCO1. The van der Waals surface area contributed by atoms with Crippen LogP contribution in [0.25, 0.3) is 0 Å². The summed E-state index contributed by atoms with van der Waals surface area (Å²) in [6.45, 7) is 4.68. The van der Waals surface area contributed by atoms with Gasteiger partial charge < -0.3 is 14.8 Å². The lowest BCUT2D eigenvalue weighted by Crippen LogP contribution is -2.37. The molecule has 5 nitrogen and oxygen atoms in total. The van der Waals surface area contributed by atoms with E-state index in [1.165, 1.54) is 4.88 Å². The second-order valence-corrected chi connectivity index (χ2v) is 7.67. The third-order valence-electron chi connectivity index (χ3n) is 4.44. The quantitative estimate of drug-likeness (QED) is 0.766. The molecule has 1 aromatic carbocycles. The first-order chi connectivity index (χ1) is 12.6. The summed E-state index contributed by atoms with van der Waals surface area (Å²) >= 11 is 1.71. The van der Waals surface area contributed by atoms with Gasteiger partial charge in [0.15, 0.2) is 0 Å². The molecule has 6 heteroatoms. The second-order valence-electron chi connectivity index (χ2n) is 6.64. The summed E-state index contributed by atoms with van der Waals surface area (Å²) in [5.74, 6) is 0.635. The number of aryl methyl sites for hydroxylation is 1. The van der Waals surface area contributed by atoms with Crippen LogP contribution < -0.4 is 10.1 Å². The van der Waals surface area contributed by atoms with Crippen molar-refractivity contribution in [2.75, 3.05) is 32.1 Å². The molecule has 0 spiro atoms. The van der Waals surface area contributed by atoms with E-state index in [0.29, 0.717) is 18.0 Å². The summed E-state index contributed by atoms with van der Waals surface area (Å²) < 4.78 is 11.1. The zero-order chi connectivity index (χ0) is 18.4. The highest BCUT2D eigenvalue weighted by Crippen LogP contribution is 2.25. The molecule has 1 atom stereocenters. The number of anilines is 1. The standard InChI is InChI=1S/C20H26N2O3S/c1-15-7-8-19(24-2)18(11-15)21-20(23)14-22(12-16-5-3-9-25-16)13-17-6-4-10-26-17/h4,6-8,10-11,16H,3,5,9,12-14H2,1-2H3,(H,21,23)/t16-/m1/s1. The highest BCUT2D eigenvalue weighted by molar-refractivity contribution is 7.09. The second kappa shape index (κ2) is 9.16. The molecular formula is C20H26N2O3S. The maximum atomic E-state index is 12.7. The lowest BCUT2D eigenvalue weighted by molar-refractivity contribution is -0.117. The Morgan fingerprint density at radius 3 is 3.00 bits per heavy atom. The largest absolute Gasteiger partial charge is 0.495 e. The van der Waals surface area contributed by atoms with Crippen molar-refractivity contribution in [1.82, 2.24) is 4.90 Å². The first kappa shape index (κ1) is 18.9. The predicted molar refractivity (Wildman–Crippen MR) is 105 cm³/mol. The molecule has 1 saturated heterocycles. The van der Waals surface area contributed by atoms with Crippen LogP contribution in [0.4, 0.5) is 5.69 Å². The third kappa shape index (κ3) is 5.30. The summed E-state index contributed by atoms with van der Waals surface area (Å²) in [5.41, 5.74) is 1.79. The molecule has 1 aromatic heterocycles. The number of benzene rings is 1. The van der Waals surface area contributed by atoms with E-state index >= 15 is 0 Å². The number of thiophene rings is 1. The molecule has 1 fully saturated rings. The van der Waals surface area contributed by atoms with Crippen molar-refractivity contribution in [3.8, 4) is 5.75 Å². The minimum Gasteiger partial charge on any atom is -0.495 e. The molecule has 0 unspecified atom stereocenters. The normalized spacial score (nSPS) is 16.8. The molecule has 1 N–H and O–H groups in total. The van der Waals surface area contributed by atoms with Crippen LogP contribution in [0.2, 0.25) is 0 Å². The molecule has 2 aromatic rings. The number of methoxy groups -OCH3 is 1. The van der Waals surface area contributed by atoms with Gasteiger partial charge in [-0.1, -0.05) is 12.1 Å². The third-order valence-corrected chi connectivity index (χ3v) is 5.30. The number of nitrogens with zero attached hydrogens (tertiary/aromatic N) is 1. The van der Waals surface area contributed by atoms with Crippen LogP contribution in [0.5, 0.6) is 5.75 Å². The summed E-state index contributed by atoms with van der Waals surface area (Å²) in [5, 5.41) is 5.06. The van der Waals surface area contributed by atoms with Crippen LogP contribution in [0.3, 0.4) is 0 Å². The summed E-state index contributed by atoms with van der Waals surface area (Å²) in [6.07, 6.45) is 2.38. The number of nitrogens with one attached hydrogen (secondary N) is 1. The average molecular weight is 375 g/mol. The Kier molecular flexibility index (Phi) is 6.66. The molecule has 1 aliphatic rings. The van der Waals surface area contributed by atoms with Crippen LogP contribution in [0.15, 0.2) is 35.7 Å². The van der Waals surface area contributed by atoms with Gasteiger partial charge in [-0.25, -0.2) is 0 Å². The Hall–Kier alpha value is -1.89. The molecule has 0 saturated carbocycles. The fraction of sp³-hybridized carbons (Fsp3) is 0.450. The minimum absolute atomic E-state index is 0.0385. The molecule has 0 aliphatic carbocycles. The Labute approximate surface area is 158 Å². The van der Waals surface area contributed by atoms with Crippen LogP contribution in [0, 0.1) is 6.92 Å². The zero-order valence-corrected chi connectivity index (χ0v) is 16.2. The van der Waals surface area contributed by atoms with Gasteiger partial charge in [0.1, 0.15) is 5.75 Å². The van der Waals surface area contributed by atoms with Crippen molar-refractivity contribution < 1.29 is 14.3 Å². The van der Waals surface area contributed by atoms with Crippen LogP contribution in [-0.4, -0.2) is 43.7 Å². The minimum atomic E-state index is -0.0385. The maximum Gasteiger partial charge on any atom is 0.238 e. The number of amides is 1. The van der Waals surface area contributed by atoms with E-state index in [4.69, 9.17) is 9.47 Å². The van der Waals surface area contributed by atoms with Gasteiger partial charge in [-0.2, -0.15) is 0 Å². The maximum absolute atomic E-state index is 12.7. The Morgan fingerprint density at radius 1 is 1.42 bits per heavy atom. The van der Waals surface area contributed by atoms with Gasteiger partial charge in [-0.3, -0.25) is 9.69 Å². The van der Waals surface area contributed by atoms with Gasteiger partial charge in [0.25, 0.3) is 0 Å². The fourth-order valence-corrected chi connectivity index (χ4v) is 3.94. The van der Waals surface area contributed by atoms with Crippen molar-refractivity contribution in [2.24, 2.45) is 0 Å². The summed E-state index contributed by atoms with van der Waals surface area (Å²) in [6, 6.07) is 9.92. The first-order valence-corrected chi connectivity index (χ1v) is 9.83. The molecule has 2 heterocycles. The van der Waals surface area contributed by atoms with Gasteiger partial charge in [-0.15, -0.1) is 11.3 Å². The smallest absolute Gasteiger partial charge is 0.238 e. The van der Waals surface area contributed by atoms with E-state index in [9.17, 15) is 4.79 Å². The predicted octanol–water partition coefficient (Wildman–Crippen LogP) is 3.68. The van der Waals surface area contributed by atoms with Crippen LogP contribution in [-0.2, 0) is 16.1 Å². The van der Waals surface area contributed by atoms with E-state index in [1.54, 1.807) is 18.4 Å². The Morgan fingerprint density at radius 2 is 2.31 bits per heavy atom. The molecule has 26 heavy (non-hydrogen) atoms. The summed E-state index contributed by atoms with van der Waals surface area (Å²) in [4.78, 5) is 16.1. The monoisotopic (exact) mass is 374 g/mol. The van der Waals surface area contributed by atoms with Crippen molar-refractivity contribution >= 4 is 22.9 Å². The van der Waals surface area contributed by atoms with Crippen LogP contribution >= 0.6 is 11.3 Å². The van der Waals surface area contributed by atoms with Crippen LogP contribution in [0.1, 0.15) is 23.3 Å². The van der Waals surface area contributed by atoms with Gasteiger partial charge in [-0.05, 0) is 48.9 Å². The molecule has 0 bridgehead atoms. The Bertz CT molecular complexity index is 712. The van der Waals surface area contributed by atoms with Crippen molar-refractivity contribution in [3.05, 3.63) is 46.2 Å². The fourth-order valence-electron chi connectivity index (χ4n) is 3.20. The van der Waals surface area contributed by atoms with E-state index in [1.807, 2.05) is 31.2 Å². The molecular weight excluding hydrogens is 348 g/mol. The lowest BCUT2D eigenvalue weighted by atomic mass is 10.2. The summed E-state index contributed by atoms with van der Waals surface area (Å²) in [7, 11) is 1.61. The number of carbonyl (C=O) groups excluding carboxylic acids is 1. The topological polar surface area (TPSA) is 50.8 Å².